The average Bonchev–Trinajstić information content (AvgIpc) is 2.21. The Balaban J connectivity index is 2.81. The van der Waals surface area contributed by atoms with Gasteiger partial charge in [0.1, 0.15) is 6.04 Å². The lowest BCUT2D eigenvalue weighted by atomic mass is 10.2. The number of nitrogens with one attached hydrogen (secondary N) is 1. The lowest BCUT2D eigenvalue weighted by Crippen LogP contribution is -2.42. The Morgan fingerprint density at radius 1 is 1.50 bits per heavy atom. The number of carbonyl (C=O) groups is 2. The van der Waals surface area contributed by atoms with Gasteiger partial charge < -0.3 is 16.2 Å². The van der Waals surface area contributed by atoms with E-state index in [2.05, 4.69) is 5.32 Å². The molecule has 0 aliphatic heterocycles. The molecule has 5 nitrogen and oxygen atoms in total. The molecule has 0 bridgehead atoms. The number of amides is 2. The summed E-state index contributed by atoms with van der Waals surface area (Å²) in [6.45, 7) is 1.41. The highest BCUT2D eigenvalue weighted by atomic mass is 19.1. The summed E-state index contributed by atoms with van der Waals surface area (Å²) in [5.41, 5.74) is 4.95. The lowest BCUT2D eigenvalue weighted by molar-refractivity contribution is -0.119. The molecule has 4 N–H and O–H groups in total. The van der Waals surface area contributed by atoms with Crippen LogP contribution in [0.25, 0.3) is 0 Å². The summed E-state index contributed by atoms with van der Waals surface area (Å²) in [4.78, 5) is 22.1. The van der Waals surface area contributed by atoms with Gasteiger partial charge in [0, 0.05) is 5.56 Å². The van der Waals surface area contributed by atoms with Gasteiger partial charge in [-0.1, -0.05) is 0 Å². The SMILES string of the molecule is C[C@H](NC(=O)c1ccc(O)c(F)c1)C(N)=O. The highest BCUT2D eigenvalue weighted by Gasteiger charge is 2.14. The minimum Gasteiger partial charge on any atom is -0.505 e. The number of halogens is 1. The van der Waals surface area contributed by atoms with E-state index >= 15 is 0 Å². The summed E-state index contributed by atoms with van der Waals surface area (Å²) in [5, 5.41) is 11.2. The van der Waals surface area contributed by atoms with Gasteiger partial charge in [0.2, 0.25) is 5.91 Å². The molecule has 16 heavy (non-hydrogen) atoms. The van der Waals surface area contributed by atoms with E-state index in [1.54, 1.807) is 0 Å². The molecular formula is C10H11FN2O3. The minimum atomic E-state index is -0.903. The Kier molecular flexibility index (Phi) is 3.44. The largest absolute Gasteiger partial charge is 0.505 e. The van der Waals surface area contributed by atoms with Crippen LogP contribution < -0.4 is 11.1 Å². The molecule has 0 saturated heterocycles. The first-order valence-electron chi connectivity index (χ1n) is 4.50. The van der Waals surface area contributed by atoms with Gasteiger partial charge in [0.05, 0.1) is 0 Å². The Morgan fingerprint density at radius 3 is 2.62 bits per heavy atom. The molecule has 0 aliphatic carbocycles. The second-order valence-electron chi connectivity index (χ2n) is 3.26. The molecule has 0 unspecified atom stereocenters. The molecule has 86 valence electrons. The number of benzene rings is 1. The van der Waals surface area contributed by atoms with Crippen molar-refractivity contribution in [3.63, 3.8) is 0 Å². The van der Waals surface area contributed by atoms with Crippen molar-refractivity contribution < 1.29 is 19.1 Å². The summed E-state index contributed by atoms with van der Waals surface area (Å²) in [7, 11) is 0. The van der Waals surface area contributed by atoms with Crippen LogP contribution in [0.5, 0.6) is 5.75 Å². The van der Waals surface area contributed by atoms with E-state index in [0.717, 1.165) is 12.1 Å². The number of phenolic OH excluding ortho intramolecular Hbond substituents is 1. The van der Waals surface area contributed by atoms with Gasteiger partial charge >= 0.3 is 0 Å². The van der Waals surface area contributed by atoms with E-state index in [9.17, 15) is 14.0 Å². The summed E-state index contributed by atoms with van der Waals surface area (Å²) >= 11 is 0. The second kappa shape index (κ2) is 4.61. The van der Waals surface area contributed by atoms with Crippen LogP contribution in [-0.2, 0) is 4.79 Å². The molecule has 0 fully saturated rings. The molecule has 0 aromatic heterocycles. The normalized spacial score (nSPS) is 11.9. The van der Waals surface area contributed by atoms with E-state index < -0.39 is 29.4 Å². The molecule has 1 rings (SSSR count). The van der Waals surface area contributed by atoms with Crippen molar-refractivity contribution in [3.8, 4) is 5.75 Å². The third kappa shape index (κ3) is 2.69. The van der Waals surface area contributed by atoms with Crippen LogP contribution in [0, 0.1) is 5.82 Å². The number of hydrogen-bond acceptors (Lipinski definition) is 3. The van der Waals surface area contributed by atoms with Crippen molar-refractivity contribution >= 4 is 11.8 Å². The summed E-state index contributed by atoms with van der Waals surface area (Å²) in [6.07, 6.45) is 0. The molecule has 2 amide bonds. The lowest BCUT2D eigenvalue weighted by Gasteiger charge is -2.10. The zero-order valence-corrected chi connectivity index (χ0v) is 8.53. The maximum Gasteiger partial charge on any atom is 0.252 e. The molecule has 0 spiro atoms. The van der Waals surface area contributed by atoms with E-state index in [-0.39, 0.29) is 5.56 Å². The van der Waals surface area contributed by atoms with Gasteiger partial charge in [-0.15, -0.1) is 0 Å². The summed E-state index contributed by atoms with van der Waals surface area (Å²) in [6, 6.07) is 2.32. The molecule has 1 atom stereocenters. The number of nitrogens with two attached hydrogens (primary N) is 1. The first-order valence-corrected chi connectivity index (χ1v) is 4.50. The number of hydrogen-bond donors (Lipinski definition) is 3. The van der Waals surface area contributed by atoms with Gasteiger partial charge in [-0.25, -0.2) is 4.39 Å². The fourth-order valence-electron chi connectivity index (χ4n) is 0.999. The number of carbonyl (C=O) groups excluding carboxylic acids is 2. The molecule has 6 heteroatoms. The minimum absolute atomic E-state index is 0.00315. The van der Waals surface area contributed by atoms with Crippen molar-refractivity contribution in [2.75, 3.05) is 0 Å². The zero-order chi connectivity index (χ0) is 12.3. The standard InChI is InChI=1S/C10H11FN2O3/c1-5(9(12)15)13-10(16)6-2-3-8(14)7(11)4-6/h2-5,14H,1H3,(H2,12,15)(H,13,16)/t5-/m0/s1. The van der Waals surface area contributed by atoms with Gasteiger partial charge in [-0.05, 0) is 25.1 Å². The number of rotatable bonds is 3. The fraction of sp³-hybridized carbons (Fsp3) is 0.200. The topological polar surface area (TPSA) is 92.4 Å². The summed E-state index contributed by atoms with van der Waals surface area (Å²) < 4.78 is 12.9. The molecule has 0 aliphatic rings. The van der Waals surface area contributed by atoms with E-state index in [1.165, 1.54) is 13.0 Å². The van der Waals surface area contributed by atoms with Crippen LogP contribution in [0.15, 0.2) is 18.2 Å². The van der Waals surface area contributed by atoms with Crippen LogP contribution in [-0.4, -0.2) is 23.0 Å². The molecular weight excluding hydrogens is 215 g/mol. The average molecular weight is 226 g/mol. The monoisotopic (exact) mass is 226 g/mol. The van der Waals surface area contributed by atoms with E-state index in [0.29, 0.717) is 0 Å². The van der Waals surface area contributed by atoms with Crippen molar-refractivity contribution in [2.45, 2.75) is 13.0 Å². The molecule has 0 heterocycles. The quantitative estimate of drug-likeness (QED) is 0.684. The highest BCUT2D eigenvalue weighted by Crippen LogP contribution is 2.15. The predicted molar refractivity (Wildman–Crippen MR) is 54.2 cm³/mol. The van der Waals surface area contributed by atoms with Crippen LogP contribution >= 0.6 is 0 Å². The smallest absolute Gasteiger partial charge is 0.252 e. The van der Waals surface area contributed by atoms with E-state index in [1.807, 2.05) is 0 Å². The van der Waals surface area contributed by atoms with Crippen LogP contribution in [0.4, 0.5) is 4.39 Å². The first-order chi connectivity index (χ1) is 7.41. The van der Waals surface area contributed by atoms with E-state index in [4.69, 9.17) is 10.8 Å². The first kappa shape index (κ1) is 12.0. The maximum atomic E-state index is 12.9. The van der Waals surface area contributed by atoms with Crippen molar-refractivity contribution in [1.82, 2.24) is 5.32 Å². The van der Waals surface area contributed by atoms with Crippen molar-refractivity contribution in [1.29, 1.82) is 0 Å². The van der Waals surface area contributed by atoms with Crippen molar-refractivity contribution in [3.05, 3.63) is 29.6 Å². The van der Waals surface area contributed by atoms with Gasteiger partial charge in [-0.2, -0.15) is 0 Å². The molecule has 1 aromatic rings. The maximum absolute atomic E-state index is 12.9. The Hall–Kier alpha value is -2.11. The van der Waals surface area contributed by atoms with Crippen LogP contribution in [0.2, 0.25) is 0 Å². The fourth-order valence-corrected chi connectivity index (χ4v) is 0.999. The number of aromatic hydroxyl groups is 1. The summed E-state index contributed by atoms with van der Waals surface area (Å²) in [5.74, 6) is -2.77. The van der Waals surface area contributed by atoms with Crippen molar-refractivity contribution in [2.24, 2.45) is 5.73 Å². The van der Waals surface area contributed by atoms with Gasteiger partial charge in [0.15, 0.2) is 11.6 Å². The predicted octanol–water partition coefficient (Wildman–Crippen LogP) is 0.135. The van der Waals surface area contributed by atoms with Gasteiger partial charge in [0.25, 0.3) is 5.91 Å². The zero-order valence-electron chi connectivity index (χ0n) is 8.53. The number of phenols is 1. The Bertz CT molecular complexity index is 434. The van der Waals surface area contributed by atoms with Crippen LogP contribution in [0.3, 0.4) is 0 Å². The van der Waals surface area contributed by atoms with Gasteiger partial charge in [-0.3, -0.25) is 9.59 Å². The Morgan fingerprint density at radius 2 is 2.12 bits per heavy atom. The highest BCUT2D eigenvalue weighted by molar-refractivity contribution is 5.97. The van der Waals surface area contributed by atoms with Crippen LogP contribution in [0.1, 0.15) is 17.3 Å². The third-order valence-corrected chi connectivity index (χ3v) is 1.98. The molecule has 1 aromatic carbocycles. The Labute approximate surface area is 91.1 Å². The molecule has 0 radical (unpaired) electrons. The number of primary amides is 1. The second-order valence-corrected chi connectivity index (χ2v) is 3.26. The molecule has 0 saturated carbocycles. The third-order valence-electron chi connectivity index (χ3n) is 1.98.